The van der Waals surface area contributed by atoms with E-state index in [2.05, 4.69) is 6.07 Å². The number of rotatable bonds is 5. The molecule has 1 aliphatic carbocycles. The van der Waals surface area contributed by atoms with Gasteiger partial charge >= 0.3 is 0 Å². The Hall–Kier alpha value is -1.85. The van der Waals surface area contributed by atoms with Crippen molar-refractivity contribution in [3.05, 3.63) is 59.7 Å². The number of sulfonamides is 1. The van der Waals surface area contributed by atoms with Crippen LogP contribution >= 0.6 is 0 Å². The monoisotopic (exact) mass is 345 g/mol. The molecule has 2 aromatic rings. The molecule has 0 heterocycles. The van der Waals surface area contributed by atoms with Gasteiger partial charge in [-0.05, 0) is 61.6 Å². The fraction of sp³-hybridized carbons (Fsp3) is 0.368. The molecule has 0 spiro atoms. The summed E-state index contributed by atoms with van der Waals surface area (Å²) in [6, 6.07) is 14.7. The minimum absolute atomic E-state index is 0.105. The van der Waals surface area contributed by atoms with E-state index in [0.717, 1.165) is 24.8 Å². The number of aryl methyl sites for hydroxylation is 1. The molecular formula is C19H23NO3S. The lowest BCUT2D eigenvalue weighted by Crippen LogP contribution is -2.33. The van der Waals surface area contributed by atoms with Gasteiger partial charge in [-0.2, -0.15) is 4.31 Å². The summed E-state index contributed by atoms with van der Waals surface area (Å²) < 4.78 is 32.9. The standard InChI is InChI=1S/C19H23NO3S/c1-3-23-16-11-13-17(14-12-16)24(21,22)20(2)19-10-6-8-15-7-4-5-9-18(15)19/h4-5,7,9,11-14,19H,3,6,8,10H2,1-2H3/t19-/m0/s1. The van der Waals surface area contributed by atoms with Gasteiger partial charge in [-0.25, -0.2) is 8.42 Å². The molecule has 24 heavy (non-hydrogen) atoms. The lowest BCUT2D eigenvalue weighted by molar-refractivity contribution is 0.336. The molecule has 0 unspecified atom stereocenters. The molecule has 0 saturated heterocycles. The molecule has 0 aromatic heterocycles. The topological polar surface area (TPSA) is 46.6 Å². The lowest BCUT2D eigenvalue weighted by atomic mass is 9.88. The van der Waals surface area contributed by atoms with Crippen LogP contribution in [0.25, 0.3) is 0 Å². The molecule has 0 fully saturated rings. The zero-order valence-electron chi connectivity index (χ0n) is 14.1. The number of fused-ring (bicyclic) bond motifs is 1. The van der Waals surface area contributed by atoms with Crippen LogP contribution in [0.1, 0.15) is 36.9 Å². The van der Waals surface area contributed by atoms with Crippen molar-refractivity contribution in [2.75, 3.05) is 13.7 Å². The van der Waals surface area contributed by atoms with Crippen LogP contribution in [-0.2, 0) is 16.4 Å². The van der Waals surface area contributed by atoms with Gasteiger partial charge in [0.2, 0.25) is 10.0 Å². The third-order valence-electron chi connectivity index (χ3n) is 4.59. The van der Waals surface area contributed by atoms with E-state index >= 15 is 0 Å². The molecule has 0 bridgehead atoms. The van der Waals surface area contributed by atoms with E-state index in [4.69, 9.17) is 4.74 Å². The molecule has 4 nitrogen and oxygen atoms in total. The highest BCUT2D eigenvalue weighted by Gasteiger charge is 2.31. The smallest absolute Gasteiger partial charge is 0.243 e. The fourth-order valence-corrected chi connectivity index (χ4v) is 4.68. The second-order valence-corrected chi connectivity index (χ2v) is 8.03. The Kier molecular flexibility index (Phi) is 4.92. The molecule has 0 radical (unpaired) electrons. The van der Waals surface area contributed by atoms with Gasteiger partial charge in [-0.3, -0.25) is 0 Å². The maximum atomic E-state index is 13.0. The molecule has 1 aliphatic rings. The van der Waals surface area contributed by atoms with Gasteiger partial charge in [0.15, 0.2) is 0 Å². The minimum atomic E-state index is -3.54. The van der Waals surface area contributed by atoms with Crippen LogP contribution < -0.4 is 4.74 Å². The van der Waals surface area contributed by atoms with Crippen LogP contribution in [0.2, 0.25) is 0 Å². The Morgan fingerprint density at radius 3 is 2.54 bits per heavy atom. The average molecular weight is 345 g/mol. The second kappa shape index (κ2) is 6.95. The van der Waals surface area contributed by atoms with Crippen molar-refractivity contribution in [1.82, 2.24) is 4.31 Å². The summed E-state index contributed by atoms with van der Waals surface area (Å²) in [7, 11) is -1.86. The number of benzene rings is 2. The van der Waals surface area contributed by atoms with Crippen LogP contribution in [0.5, 0.6) is 5.75 Å². The largest absolute Gasteiger partial charge is 0.494 e. The summed E-state index contributed by atoms with van der Waals surface area (Å²) in [5.41, 5.74) is 2.38. The lowest BCUT2D eigenvalue weighted by Gasteiger charge is -2.32. The zero-order valence-corrected chi connectivity index (χ0v) is 14.9. The van der Waals surface area contributed by atoms with Gasteiger partial charge in [-0.15, -0.1) is 0 Å². The predicted molar refractivity (Wildman–Crippen MR) is 94.7 cm³/mol. The summed E-state index contributed by atoms with van der Waals surface area (Å²) in [6.07, 6.45) is 2.87. The Morgan fingerprint density at radius 1 is 1.12 bits per heavy atom. The molecule has 128 valence electrons. The molecule has 0 saturated carbocycles. The quantitative estimate of drug-likeness (QED) is 0.828. The Bertz CT molecular complexity index is 800. The van der Waals surface area contributed by atoms with Gasteiger partial charge in [-0.1, -0.05) is 24.3 Å². The van der Waals surface area contributed by atoms with E-state index in [1.807, 2.05) is 25.1 Å². The van der Waals surface area contributed by atoms with Crippen LogP contribution in [0.4, 0.5) is 0 Å². The molecule has 0 aliphatic heterocycles. The van der Waals surface area contributed by atoms with Crippen molar-refractivity contribution < 1.29 is 13.2 Å². The first-order valence-electron chi connectivity index (χ1n) is 8.32. The SMILES string of the molecule is CCOc1ccc(S(=O)(=O)N(C)[C@H]2CCCc3ccccc32)cc1. The zero-order chi connectivity index (χ0) is 17.2. The van der Waals surface area contributed by atoms with Gasteiger partial charge in [0.05, 0.1) is 11.5 Å². The first-order chi connectivity index (χ1) is 11.5. The maximum Gasteiger partial charge on any atom is 0.243 e. The third kappa shape index (κ3) is 3.19. The fourth-order valence-electron chi connectivity index (χ4n) is 3.31. The molecule has 1 atom stereocenters. The van der Waals surface area contributed by atoms with E-state index in [1.54, 1.807) is 31.3 Å². The van der Waals surface area contributed by atoms with Gasteiger partial charge in [0.1, 0.15) is 5.75 Å². The van der Waals surface area contributed by atoms with Crippen LogP contribution in [0, 0.1) is 0 Å². The first-order valence-corrected chi connectivity index (χ1v) is 9.76. The van der Waals surface area contributed by atoms with Crippen molar-refractivity contribution in [3.8, 4) is 5.75 Å². The van der Waals surface area contributed by atoms with E-state index in [1.165, 1.54) is 9.87 Å². The summed E-state index contributed by atoms with van der Waals surface area (Å²) in [5.74, 6) is 0.683. The van der Waals surface area contributed by atoms with E-state index in [9.17, 15) is 8.42 Å². The average Bonchev–Trinajstić information content (AvgIpc) is 2.61. The van der Waals surface area contributed by atoms with Gasteiger partial charge in [0, 0.05) is 13.1 Å². The third-order valence-corrected chi connectivity index (χ3v) is 6.47. The molecule has 0 amide bonds. The summed E-state index contributed by atoms with van der Waals surface area (Å²) >= 11 is 0. The van der Waals surface area contributed by atoms with E-state index in [0.29, 0.717) is 17.3 Å². The summed E-state index contributed by atoms with van der Waals surface area (Å²) in [6.45, 7) is 2.46. The van der Waals surface area contributed by atoms with Crippen molar-refractivity contribution in [2.45, 2.75) is 37.1 Å². The van der Waals surface area contributed by atoms with Crippen LogP contribution in [0.15, 0.2) is 53.4 Å². The molecule has 5 heteroatoms. The van der Waals surface area contributed by atoms with Crippen molar-refractivity contribution in [1.29, 1.82) is 0 Å². The molecule has 0 N–H and O–H groups in total. The van der Waals surface area contributed by atoms with E-state index < -0.39 is 10.0 Å². The minimum Gasteiger partial charge on any atom is -0.494 e. The first kappa shape index (κ1) is 17.0. The maximum absolute atomic E-state index is 13.0. The Labute approximate surface area is 144 Å². The number of ether oxygens (including phenoxy) is 1. The van der Waals surface area contributed by atoms with E-state index in [-0.39, 0.29) is 6.04 Å². The van der Waals surface area contributed by atoms with Crippen molar-refractivity contribution in [2.24, 2.45) is 0 Å². The van der Waals surface area contributed by atoms with Crippen molar-refractivity contribution in [3.63, 3.8) is 0 Å². The van der Waals surface area contributed by atoms with Gasteiger partial charge < -0.3 is 4.74 Å². The van der Waals surface area contributed by atoms with Crippen LogP contribution in [0.3, 0.4) is 0 Å². The predicted octanol–water partition coefficient (Wildman–Crippen LogP) is 3.78. The van der Waals surface area contributed by atoms with Crippen molar-refractivity contribution >= 4 is 10.0 Å². The molecule has 3 rings (SSSR count). The summed E-state index contributed by atoms with van der Waals surface area (Å²) in [5, 5.41) is 0. The number of nitrogens with zero attached hydrogens (tertiary/aromatic N) is 1. The second-order valence-electron chi connectivity index (χ2n) is 6.03. The normalized spacial score (nSPS) is 17.5. The number of hydrogen-bond acceptors (Lipinski definition) is 3. The Balaban J connectivity index is 1.90. The van der Waals surface area contributed by atoms with Gasteiger partial charge in [0.25, 0.3) is 0 Å². The van der Waals surface area contributed by atoms with Crippen LogP contribution in [-0.4, -0.2) is 26.4 Å². The highest BCUT2D eigenvalue weighted by molar-refractivity contribution is 7.89. The Morgan fingerprint density at radius 2 is 1.83 bits per heavy atom. The summed E-state index contributed by atoms with van der Waals surface area (Å²) in [4.78, 5) is 0.302. The highest BCUT2D eigenvalue weighted by Crippen LogP contribution is 2.36. The number of hydrogen-bond donors (Lipinski definition) is 0. The molecular weight excluding hydrogens is 322 g/mol. The molecule has 2 aromatic carbocycles. The highest BCUT2D eigenvalue weighted by atomic mass is 32.2.